The maximum Gasteiger partial charge on any atom is 0.410 e. The maximum atomic E-state index is 12.0. The van der Waals surface area contributed by atoms with E-state index in [1.54, 1.807) is 18.7 Å². The Kier molecular flexibility index (Phi) is 5.06. The Morgan fingerprint density at radius 1 is 1.23 bits per heavy atom. The molecule has 1 fully saturated rings. The van der Waals surface area contributed by atoms with Crippen LogP contribution in [0.2, 0.25) is 0 Å². The summed E-state index contributed by atoms with van der Waals surface area (Å²) in [6, 6.07) is 9.55. The second kappa shape index (κ2) is 6.81. The fraction of sp³-hybridized carbons (Fsp3) is 0.529. The average Bonchev–Trinajstić information content (AvgIpc) is 2.53. The van der Waals surface area contributed by atoms with E-state index in [0.29, 0.717) is 25.9 Å². The monoisotopic (exact) mass is 305 g/mol. The zero-order valence-corrected chi connectivity index (χ0v) is 13.1. The molecule has 1 saturated heterocycles. The van der Waals surface area contributed by atoms with E-state index in [1.165, 1.54) is 0 Å². The van der Waals surface area contributed by atoms with Gasteiger partial charge in [0.25, 0.3) is 0 Å². The molecule has 5 heteroatoms. The van der Waals surface area contributed by atoms with Crippen molar-refractivity contribution in [3.05, 3.63) is 35.9 Å². The molecule has 0 unspecified atom stereocenters. The lowest BCUT2D eigenvalue weighted by atomic mass is 9.74. The van der Waals surface area contributed by atoms with Gasteiger partial charge in [0.1, 0.15) is 6.61 Å². The standard InChI is InChI=1S/C17H23NO4/c1-17(2,15(19)20)14-8-10-18(11-9-14)16(21)22-12-13-6-4-3-5-7-13/h3-7,14H,8-12H2,1-2H3,(H,19,20). The van der Waals surface area contributed by atoms with Gasteiger partial charge < -0.3 is 14.7 Å². The van der Waals surface area contributed by atoms with Crippen LogP contribution in [0.4, 0.5) is 4.79 Å². The Morgan fingerprint density at radius 2 is 1.82 bits per heavy atom. The summed E-state index contributed by atoms with van der Waals surface area (Å²) in [7, 11) is 0. The first kappa shape index (κ1) is 16.3. The van der Waals surface area contributed by atoms with E-state index >= 15 is 0 Å². The highest BCUT2D eigenvalue weighted by Crippen LogP contribution is 2.35. The average molecular weight is 305 g/mol. The molecule has 1 N–H and O–H groups in total. The molecule has 0 radical (unpaired) electrons. The second-order valence-electron chi connectivity index (χ2n) is 6.33. The quantitative estimate of drug-likeness (QED) is 0.928. The van der Waals surface area contributed by atoms with E-state index in [-0.39, 0.29) is 18.6 Å². The minimum absolute atomic E-state index is 0.0863. The molecule has 1 aliphatic rings. The summed E-state index contributed by atoms with van der Waals surface area (Å²) in [5.41, 5.74) is 0.206. The molecule has 0 bridgehead atoms. The number of hydrogen-bond acceptors (Lipinski definition) is 3. The number of likely N-dealkylation sites (tertiary alicyclic amines) is 1. The normalized spacial score (nSPS) is 16.4. The molecule has 22 heavy (non-hydrogen) atoms. The van der Waals surface area contributed by atoms with Gasteiger partial charge >= 0.3 is 12.1 Å². The number of nitrogens with zero attached hydrogens (tertiary/aromatic N) is 1. The molecule has 1 aliphatic heterocycles. The molecule has 1 amide bonds. The van der Waals surface area contributed by atoms with E-state index in [2.05, 4.69) is 0 Å². The molecule has 0 saturated carbocycles. The summed E-state index contributed by atoms with van der Waals surface area (Å²) in [6.07, 6.45) is 1.06. The van der Waals surface area contributed by atoms with Crippen molar-refractivity contribution < 1.29 is 19.4 Å². The molecule has 2 rings (SSSR count). The lowest BCUT2D eigenvalue weighted by Crippen LogP contribution is -2.44. The fourth-order valence-corrected chi connectivity index (χ4v) is 2.77. The number of aliphatic carboxylic acids is 1. The van der Waals surface area contributed by atoms with E-state index in [4.69, 9.17) is 4.74 Å². The third-order valence-electron chi connectivity index (χ3n) is 4.53. The number of carbonyl (C=O) groups excluding carboxylic acids is 1. The van der Waals surface area contributed by atoms with E-state index < -0.39 is 11.4 Å². The largest absolute Gasteiger partial charge is 0.481 e. The topological polar surface area (TPSA) is 66.8 Å². The minimum Gasteiger partial charge on any atom is -0.481 e. The molecule has 1 heterocycles. The minimum atomic E-state index is -0.780. The van der Waals surface area contributed by atoms with Gasteiger partial charge in [-0.1, -0.05) is 30.3 Å². The van der Waals surface area contributed by atoms with Crippen LogP contribution >= 0.6 is 0 Å². The van der Waals surface area contributed by atoms with Gasteiger partial charge in [-0.3, -0.25) is 4.79 Å². The first-order chi connectivity index (χ1) is 10.4. The zero-order chi connectivity index (χ0) is 16.2. The van der Waals surface area contributed by atoms with Gasteiger partial charge in [-0.05, 0) is 38.2 Å². The fourth-order valence-electron chi connectivity index (χ4n) is 2.77. The maximum absolute atomic E-state index is 12.0. The van der Waals surface area contributed by atoms with Gasteiger partial charge in [-0.15, -0.1) is 0 Å². The Morgan fingerprint density at radius 3 is 2.36 bits per heavy atom. The SMILES string of the molecule is CC(C)(C(=O)O)C1CCN(C(=O)OCc2ccccc2)CC1. The van der Waals surface area contributed by atoms with Gasteiger partial charge in [0.05, 0.1) is 5.41 Å². The van der Waals surface area contributed by atoms with Crippen molar-refractivity contribution in [1.29, 1.82) is 0 Å². The van der Waals surface area contributed by atoms with Crippen LogP contribution in [-0.2, 0) is 16.1 Å². The molecule has 0 aliphatic carbocycles. The Labute approximate surface area is 130 Å². The van der Waals surface area contributed by atoms with Gasteiger partial charge in [0.15, 0.2) is 0 Å². The van der Waals surface area contributed by atoms with Crippen LogP contribution in [0.15, 0.2) is 30.3 Å². The van der Waals surface area contributed by atoms with Crippen molar-refractivity contribution in [3.8, 4) is 0 Å². The number of carbonyl (C=O) groups is 2. The first-order valence-electron chi connectivity index (χ1n) is 7.60. The molecule has 0 spiro atoms. The van der Waals surface area contributed by atoms with Crippen molar-refractivity contribution >= 4 is 12.1 Å². The summed E-state index contributed by atoms with van der Waals surface area (Å²) in [4.78, 5) is 25.0. The molecule has 120 valence electrons. The summed E-state index contributed by atoms with van der Waals surface area (Å²) in [5.74, 6) is -0.694. The van der Waals surface area contributed by atoms with Crippen molar-refractivity contribution in [2.45, 2.75) is 33.3 Å². The van der Waals surface area contributed by atoms with Crippen molar-refractivity contribution in [2.75, 3.05) is 13.1 Å². The van der Waals surface area contributed by atoms with E-state index in [9.17, 15) is 14.7 Å². The van der Waals surface area contributed by atoms with Crippen LogP contribution < -0.4 is 0 Å². The number of piperidine rings is 1. The van der Waals surface area contributed by atoms with Gasteiger partial charge in [-0.25, -0.2) is 4.79 Å². The van der Waals surface area contributed by atoms with Gasteiger partial charge in [0.2, 0.25) is 0 Å². The van der Waals surface area contributed by atoms with Crippen LogP contribution in [0, 0.1) is 11.3 Å². The van der Waals surface area contributed by atoms with Crippen LogP contribution in [0.3, 0.4) is 0 Å². The van der Waals surface area contributed by atoms with Crippen LogP contribution in [-0.4, -0.2) is 35.2 Å². The van der Waals surface area contributed by atoms with E-state index in [1.807, 2.05) is 30.3 Å². The number of benzene rings is 1. The summed E-state index contributed by atoms with van der Waals surface area (Å²) in [5, 5.41) is 9.27. The lowest BCUT2D eigenvalue weighted by molar-refractivity contribution is -0.151. The van der Waals surface area contributed by atoms with Gasteiger partial charge in [-0.2, -0.15) is 0 Å². The highest BCUT2D eigenvalue weighted by Gasteiger charge is 2.39. The number of carboxylic acids is 1. The molecular formula is C17H23NO4. The Hall–Kier alpha value is -2.04. The number of amides is 1. The van der Waals surface area contributed by atoms with Crippen molar-refractivity contribution in [2.24, 2.45) is 11.3 Å². The summed E-state index contributed by atoms with van der Waals surface area (Å²) < 4.78 is 5.31. The number of ether oxygens (including phenoxy) is 1. The van der Waals surface area contributed by atoms with E-state index in [0.717, 1.165) is 5.56 Å². The Bertz CT molecular complexity index is 519. The number of carboxylic acid groups (broad SMARTS) is 1. The highest BCUT2D eigenvalue weighted by atomic mass is 16.6. The van der Waals surface area contributed by atoms with Crippen molar-refractivity contribution in [3.63, 3.8) is 0 Å². The van der Waals surface area contributed by atoms with Crippen LogP contribution in [0.5, 0.6) is 0 Å². The molecular weight excluding hydrogens is 282 g/mol. The summed E-state index contributed by atoms with van der Waals surface area (Å²) in [6.45, 7) is 4.87. The van der Waals surface area contributed by atoms with Gasteiger partial charge in [0, 0.05) is 13.1 Å². The molecule has 0 aromatic heterocycles. The number of hydrogen-bond donors (Lipinski definition) is 1. The predicted molar refractivity (Wildman–Crippen MR) is 82.3 cm³/mol. The zero-order valence-electron chi connectivity index (χ0n) is 13.1. The third kappa shape index (κ3) is 3.78. The first-order valence-corrected chi connectivity index (χ1v) is 7.60. The smallest absolute Gasteiger partial charge is 0.410 e. The van der Waals surface area contributed by atoms with Crippen LogP contribution in [0.25, 0.3) is 0 Å². The van der Waals surface area contributed by atoms with Crippen molar-refractivity contribution in [1.82, 2.24) is 4.90 Å². The molecule has 0 atom stereocenters. The Balaban J connectivity index is 1.81. The predicted octanol–water partition coefficient (Wildman–Crippen LogP) is 3.15. The van der Waals surface area contributed by atoms with Crippen LogP contribution in [0.1, 0.15) is 32.3 Å². The molecule has 1 aromatic rings. The highest BCUT2D eigenvalue weighted by molar-refractivity contribution is 5.74. The number of rotatable bonds is 4. The second-order valence-corrected chi connectivity index (χ2v) is 6.33. The molecule has 1 aromatic carbocycles. The summed E-state index contributed by atoms with van der Waals surface area (Å²) >= 11 is 0. The molecule has 5 nitrogen and oxygen atoms in total. The third-order valence-corrected chi connectivity index (χ3v) is 4.53. The lowest BCUT2D eigenvalue weighted by Gasteiger charge is -2.37.